The van der Waals surface area contributed by atoms with Crippen LogP contribution in [0.3, 0.4) is 0 Å². The average molecular weight is 266 g/mol. The van der Waals surface area contributed by atoms with Gasteiger partial charge in [0.1, 0.15) is 0 Å². The van der Waals surface area contributed by atoms with E-state index in [0.29, 0.717) is 17.7 Å². The number of halogens is 1. The number of benzene rings is 1. The molecule has 1 aliphatic rings. The lowest BCUT2D eigenvalue weighted by Gasteiger charge is -2.12. The zero-order valence-electron chi connectivity index (χ0n) is 10.9. The molecule has 0 aromatic heterocycles. The maximum atomic E-state index is 13.6. The van der Waals surface area contributed by atoms with Crippen LogP contribution in [0.4, 0.5) is 10.1 Å². The molecule has 0 aliphatic heterocycles. The molecule has 0 radical (unpaired) electrons. The Morgan fingerprint density at radius 1 is 1.42 bits per heavy atom. The lowest BCUT2D eigenvalue weighted by atomic mass is 10.3. The highest BCUT2D eigenvalue weighted by Gasteiger charge is 2.14. The van der Waals surface area contributed by atoms with Crippen molar-refractivity contribution in [2.45, 2.75) is 31.7 Å². The highest BCUT2D eigenvalue weighted by molar-refractivity contribution is 5.93. The van der Waals surface area contributed by atoms with Crippen molar-refractivity contribution >= 4 is 11.6 Å². The van der Waals surface area contributed by atoms with Crippen molar-refractivity contribution in [1.29, 1.82) is 0 Å². The summed E-state index contributed by atoms with van der Waals surface area (Å²) in [7, 11) is 1.43. The molecule has 0 spiro atoms. The number of guanidine groups is 1. The van der Waals surface area contributed by atoms with Gasteiger partial charge in [0.25, 0.3) is 0 Å². The molecule has 0 bridgehead atoms. The number of hydrazine groups is 1. The molecular weight excluding hydrogens is 247 g/mol. The first-order chi connectivity index (χ1) is 9.22. The topological polar surface area (TPSA) is 71.7 Å². The van der Waals surface area contributed by atoms with Crippen molar-refractivity contribution in [3.05, 3.63) is 24.0 Å². The van der Waals surface area contributed by atoms with E-state index in [9.17, 15) is 4.39 Å². The van der Waals surface area contributed by atoms with Gasteiger partial charge in [0.15, 0.2) is 11.6 Å². The summed E-state index contributed by atoms with van der Waals surface area (Å²) in [6, 6.07) is 4.91. The summed E-state index contributed by atoms with van der Waals surface area (Å²) in [4.78, 5) is 4.48. The zero-order chi connectivity index (χ0) is 13.7. The number of rotatable bonds is 3. The van der Waals surface area contributed by atoms with Crippen LogP contribution >= 0.6 is 0 Å². The number of aliphatic imine (C=N–C) groups is 1. The summed E-state index contributed by atoms with van der Waals surface area (Å²) in [5.41, 5.74) is 3.09. The lowest BCUT2D eigenvalue weighted by Crippen LogP contribution is -2.37. The molecule has 0 amide bonds. The molecule has 5 nitrogen and oxygen atoms in total. The molecule has 0 atom stereocenters. The Morgan fingerprint density at radius 2 is 2.16 bits per heavy atom. The van der Waals surface area contributed by atoms with Crippen LogP contribution in [0.5, 0.6) is 5.75 Å². The summed E-state index contributed by atoms with van der Waals surface area (Å²) in [6.45, 7) is 0. The van der Waals surface area contributed by atoms with Gasteiger partial charge in [0.05, 0.1) is 13.2 Å². The highest BCUT2D eigenvalue weighted by atomic mass is 19.1. The van der Waals surface area contributed by atoms with Gasteiger partial charge in [-0.3, -0.25) is 5.43 Å². The Morgan fingerprint density at radius 3 is 2.74 bits per heavy atom. The number of hydrogen-bond acceptors (Lipinski definition) is 3. The van der Waals surface area contributed by atoms with Crippen molar-refractivity contribution in [3.63, 3.8) is 0 Å². The van der Waals surface area contributed by atoms with Crippen molar-refractivity contribution in [3.8, 4) is 5.75 Å². The van der Waals surface area contributed by atoms with Gasteiger partial charge in [-0.1, -0.05) is 12.8 Å². The van der Waals surface area contributed by atoms with Crippen molar-refractivity contribution in [2.75, 3.05) is 12.4 Å². The molecule has 1 saturated carbocycles. The van der Waals surface area contributed by atoms with E-state index in [-0.39, 0.29) is 5.75 Å². The maximum absolute atomic E-state index is 13.6. The number of methoxy groups -OCH3 is 1. The summed E-state index contributed by atoms with van der Waals surface area (Å²) < 4.78 is 18.4. The van der Waals surface area contributed by atoms with Gasteiger partial charge in [0, 0.05) is 11.8 Å². The second-order valence-electron chi connectivity index (χ2n) is 4.53. The third kappa shape index (κ3) is 3.57. The normalized spacial score (nSPS) is 16.5. The van der Waals surface area contributed by atoms with E-state index in [1.807, 2.05) is 0 Å². The first-order valence-corrected chi connectivity index (χ1v) is 6.38. The Bertz CT molecular complexity index is 458. The molecule has 4 N–H and O–H groups in total. The van der Waals surface area contributed by atoms with Crippen LogP contribution in [0.2, 0.25) is 0 Å². The molecule has 1 aromatic rings. The minimum absolute atomic E-state index is 0.209. The molecule has 0 unspecified atom stereocenters. The third-order valence-corrected chi connectivity index (χ3v) is 3.19. The molecule has 104 valence electrons. The summed E-state index contributed by atoms with van der Waals surface area (Å²) in [5, 5.41) is 2.97. The number of anilines is 1. The quantitative estimate of drug-likeness (QED) is 0.339. The van der Waals surface area contributed by atoms with Crippen LogP contribution in [-0.4, -0.2) is 19.1 Å². The highest BCUT2D eigenvalue weighted by Crippen LogP contribution is 2.22. The van der Waals surface area contributed by atoms with Crippen LogP contribution in [0.1, 0.15) is 25.7 Å². The van der Waals surface area contributed by atoms with E-state index in [2.05, 4.69) is 15.7 Å². The van der Waals surface area contributed by atoms with Gasteiger partial charge in [-0.25, -0.2) is 15.2 Å². The van der Waals surface area contributed by atoms with Crippen LogP contribution in [-0.2, 0) is 0 Å². The third-order valence-electron chi connectivity index (χ3n) is 3.19. The molecular formula is C13H19FN4O. The molecule has 1 aliphatic carbocycles. The monoisotopic (exact) mass is 266 g/mol. The molecule has 0 saturated heterocycles. The first kappa shape index (κ1) is 13.6. The fourth-order valence-electron chi connectivity index (χ4n) is 2.20. The Balaban J connectivity index is 2.07. The molecule has 0 heterocycles. The largest absolute Gasteiger partial charge is 0.494 e. The average Bonchev–Trinajstić information content (AvgIpc) is 2.91. The SMILES string of the molecule is COc1ccc(NC(=NC2CCCC2)NN)cc1F. The summed E-state index contributed by atoms with van der Waals surface area (Å²) >= 11 is 0. The van der Waals surface area contributed by atoms with E-state index in [4.69, 9.17) is 10.6 Å². The standard InChI is InChI=1S/C13H19FN4O/c1-19-12-7-6-10(8-11(12)14)17-13(18-15)16-9-4-2-3-5-9/h6-9H,2-5,15H2,1H3,(H2,16,17,18). The van der Waals surface area contributed by atoms with Gasteiger partial charge < -0.3 is 10.1 Å². The summed E-state index contributed by atoms with van der Waals surface area (Å²) in [5.74, 6) is 5.67. The second kappa shape index (κ2) is 6.38. The fourth-order valence-corrected chi connectivity index (χ4v) is 2.20. The minimum atomic E-state index is -0.426. The maximum Gasteiger partial charge on any atom is 0.210 e. The minimum Gasteiger partial charge on any atom is -0.494 e. The van der Waals surface area contributed by atoms with Gasteiger partial charge in [-0.2, -0.15) is 0 Å². The van der Waals surface area contributed by atoms with Crippen molar-refractivity contribution in [1.82, 2.24) is 5.43 Å². The predicted molar refractivity (Wildman–Crippen MR) is 73.6 cm³/mol. The van der Waals surface area contributed by atoms with E-state index < -0.39 is 5.82 Å². The molecule has 6 heteroatoms. The molecule has 19 heavy (non-hydrogen) atoms. The van der Waals surface area contributed by atoms with E-state index in [1.165, 1.54) is 26.0 Å². The molecule has 2 rings (SSSR count). The smallest absolute Gasteiger partial charge is 0.210 e. The second-order valence-corrected chi connectivity index (χ2v) is 4.53. The van der Waals surface area contributed by atoms with E-state index in [1.54, 1.807) is 12.1 Å². The summed E-state index contributed by atoms with van der Waals surface area (Å²) in [6.07, 6.45) is 4.54. The lowest BCUT2D eigenvalue weighted by molar-refractivity contribution is 0.386. The van der Waals surface area contributed by atoms with Gasteiger partial charge in [-0.05, 0) is 25.0 Å². The Labute approximate surface area is 112 Å². The zero-order valence-corrected chi connectivity index (χ0v) is 10.9. The van der Waals surface area contributed by atoms with E-state index >= 15 is 0 Å². The van der Waals surface area contributed by atoms with Crippen LogP contribution in [0.15, 0.2) is 23.2 Å². The number of ether oxygens (including phenoxy) is 1. The predicted octanol–water partition coefficient (Wildman–Crippen LogP) is 2.01. The Hall–Kier alpha value is -1.82. The Kier molecular flexibility index (Phi) is 4.57. The number of nitrogens with one attached hydrogen (secondary N) is 2. The molecule has 1 fully saturated rings. The van der Waals surface area contributed by atoms with Crippen LogP contribution in [0, 0.1) is 5.82 Å². The van der Waals surface area contributed by atoms with Gasteiger partial charge >= 0.3 is 0 Å². The molecule has 1 aromatic carbocycles. The van der Waals surface area contributed by atoms with Gasteiger partial charge in [0.2, 0.25) is 5.96 Å². The van der Waals surface area contributed by atoms with E-state index in [0.717, 1.165) is 12.8 Å². The number of hydrogen-bond donors (Lipinski definition) is 3. The fraction of sp³-hybridized carbons (Fsp3) is 0.462. The van der Waals surface area contributed by atoms with Crippen molar-refractivity contribution < 1.29 is 9.13 Å². The number of nitrogens with zero attached hydrogens (tertiary/aromatic N) is 1. The van der Waals surface area contributed by atoms with Crippen LogP contribution in [0.25, 0.3) is 0 Å². The first-order valence-electron chi connectivity index (χ1n) is 6.38. The van der Waals surface area contributed by atoms with Gasteiger partial charge in [-0.15, -0.1) is 0 Å². The number of nitrogens with two attached hydrogens (primary N) is 1. The van der Waals surface area contributed by atoms with Crippen molar-refractivity contribution in [2.24, 2.45) is 10.8 Å². The van der Waals surface area contributed by atoms with Crippen LogP contribution < -0.4 is 21.3 Å².